The Morgan fingerprint density at radius 3 is 1.86 bits per heavy atom. The Morgan fingerprint density at radius 2 is 1.16 bits per heavy atom. The molecule has 44 heavy (non-hydrogen) atoms. The van der Waals surface area contributed by atoms with Crippen molar-refractivity contribution in [2.24, 2.45) is 0 Å². The molecule has 226 valence electrons. The van der Waals surface area contributed by atoms with E-state index in [1.54, 1.807) is 5.56 Å². The van der Waals surface area contributed by atoms with E-state index in [2.05, 4.69) is 110 Å². The van der Waals surface area contributed by atoms with Crippen molar-refractivity contribution in [3.8, 4) is 44.9 Å². The van der Waals surface area contributed by atoms with Gasteiger partial charge < -0.3 is 0 Å². The van der Waals surface area contributed by atoms with Crippen LogP contribution in [0.5, 0.6) is 0 Å². The van der Waals surface area contributed by atoms with E-state index < -0.39 is 0 Å². The van der Waals surface area contributed by atoms with Crippen LogP contribution in [0.3, 0.4) is 0 Å². The van der Waals surface area contributed by atoms with Crippen LogP contribution < -0.4 is 0 Å². The largest absolute Gasteiger partial charge is 2.00 e. The fourth-order valence-corrected chi connectivity index (χ4v) is 7.11. The van der Waals surface area contributed by atoms with Gasteiger partial charge in [0.15, 0.2) is 0 Å². The van der Waals surface area contributed by atoms with Crippen molar-refractivity contribution in [2.75, 3.05) is 0 Å². The Bertz CT molecular complexity index is 1570. The molecule has 5 aromatic rings. The number of hydrogen-bond acceptors (Lipinski definition) is 2. The molecule has 3 heteroatoms. The smallest absolute Gasteiger partial charge is 0.255 e. The minimum Gasteiger partial charge on any atom is -0.255 e. The molecule has 0 amide bonds. The van der Waals surface area contributed by atoms with E-state index in [0.717, 1.165) is 22.6 Å². The summed E-state index contributed by atoms with van der Waals surface area (Å²) in [4.78, 5) is 9.75. The zero-order valence-electron chi connectivity index (χ0n) is 26.2. The molecule has 6 rings (SSSR count). The first-order valence-electron chi connectivity index (χ1n) is 16.5. The van der Waals surface area contributed by atoms with Crippen molar-refractivity contribution < 1.29 is 21.1 Å². The van der Waals surface area contributed by atoms with Crippen molar-refractivity contribution in [3.63, 3.8) is 0 Å². The third-order valence-corrected chi connectivity index (χ3v) is 9.34. The van der Waals surface area contributed by atoms with Gasteiger partial charge in [-0.05, 0) is 76.6 Å². The monoisotopic (exact) mass is 759 g/mol. The van der Waals surface area contributed by atoms with Crippen LogP contribution in [0.2, 0.25) is 0 Å². The molecule has 0 saturated carbocycles. The van der Waals surface area contributed by atoms with Crippen LogP contribution in [0, 0.1) is 0 Å². The zero-order chi connectivity index (χ0) is 29.5. The summed E-state index contributed by atoms with van der Waals surface area (Å²) in [6.07, 6.45) is 14.6. The van der Waals surface area contributed by atoms with Gasteiger partial charge in [-0.15, -0.1) is 0 Å². The molecule has 2 heterocycles. The molecule has 0 aliphatic heterocycles. The molecular formula is C41H44N2Pt+2. The van der Waals surface area contributed by atoms with Gasteiger partial charge in [0.25, 0.3) is 0 Å². The minimum atomic E-state index is 0. The molecule has 2 aromatic heterocycles. The Hall–Kier alpha value is -3.35. The summed E-state index contributed by atoms with van der Waals surface area (Å²) >= 11 is 0. The van der Waals surface area contributed by atoms with Gasteiger partial charge in [0.2, 0.25) is 0 Å². The molecule has 3 aromatic carbocycles. The number of aromatic nitrogens is 2. The van der Waals surface area contributed by atoms with Crippen LogP contribution in [0.25, 0.3) is 44.9 Å². The molecular weight excluding hydrogens is 716 g/mol. The van der Waals surface area contributed by atoms with Crippen molar-refractivity contribution in [1.29, 1.82) is 0 Å². The molecule has 0 atom stereocenters. The summed E-state index contributed by atoms with van der Waals surface area (Å²) < 4.78 is 0. The minimum absolute atomic E-state index is 0. The average molecular weight is 760 g/mol. The van der Waals surface area contributed by atoms with Gasteiger partial charge in [-0.1, -0.05) is 138 Å². The molecule has 0 bridgehead atoms. The van der Waals surface area contributed by atoms with Crippen molar-refractivity contribution in [1.82, 2.24) is 9.97 Å². The van der Waals surface area contributed by atoms with Crippen molar-refractivity contribution in [3.05, 3.63) is 120 Å². The van der Waals surface area contributed by atoms with Crippen LogP contribution in [-0.2, 0) is 26.5 Å². The van der Waals surface area contributed by atoms with Crippen molar-refractivity contribution >= 4 is 0 Å². The number of fused-ring (bicyclic) bond motifs is 3. The van der Waals surface area contributed by atoms with E-state index in [1.165, 1.54) is 92.0 Å². The molecule has 0 fully saturated rings. The maximum Gasteiger partial charge on any atom is 2.00 e. The Morgan fingerprint density at radius 1 is 0.500 bits per heavy atom. The second kappa shape index (κ2) is 15.1. The maximum absolute atomic E-state index is 5.09. The summed E-state index contributed by atoms with van der Waals surface area (Å²) in [6.45, 7) is 4.62. The fourth-order valence-electron chi connectivity index (χ4n) is 7.11. The van der Waals surface area contributed by atoms with Gasteiger partial charge >= 0.3 is 21.1 Å². The fraction of sp³-hybridized carbons (Fsp3) is 0.317. The molecule has 0 unspecified atom stereocenters. The van der Waals surface area contributed by atoms with Gasteiger partial charge in [0.1, 0.15) is 0 Å². The van der Waals surface area contributed by atoms with Gasteiger partial charge in [0, 0.05) is 17.2 Å². The molecule has 0 radical (unpaired) electrons. The van der Waals surface area contributed by atoms with Crippen molar-refractivity contribution in [2.45, 2.75) is 83.5 Å². The molecule has 0 spiro atoms. The topological polar surface area (TPSA) is 25.8 Å². The van der Waals surface area contributed by atoms with Crippen LogP contribution in [-0.4, -0.2) is 9.97 Å². The summed E-state index contributed by atoms with van der Waals surface area (Å²) in [5, 5.41) is 0. The van der Waals surface area contributed by atoms with Gasteiger partial charge in [-0.25, -0.2) is 4.98 Å². The SMILES string of the molecule is CCCCCCC1(CCCCCC)c2ccccc2-c2ccc(-c3cc(-c4ccccc4)nc(-c4ccccn4)c3)cc21.[Pt+2]. The number of hydrogen-bond donors (Lipinski definition) is 0. The van der Waals surface area contributed by atoms with Crippen LogP contribution in [0.1, 0.15) is 89.2 Å². The Labute approximate surface area is 278 Å². The molecule has 1 aliphatic carbocycles. The van der Waals surface area contributed by atoms with Gasteiger partial charge in [-0.3, -0.25) is 4.98 Å². The molecule has 2 nitrogen and oxygen atoms in total. The third kappa shape index (κ3) is 6.67. The summed E-state index contributed by atoms with van der Waals surface area (Å²) in [7, 11) is 0. The second-order valence-electron chi connectivity index (χ2n) is 12.2. The number of benzene rings is 3. The first kappa shape index (κ1) is 32.1. The predicted octanol–water partition coefficient (Wildman–Crippen LogP) is 11.7. The van der Waals surface area contributed by atoms with E-state index in [-0.39, 0.29) is 26.5 Å². The van der Waals surface area contributed by atoms with E-state index in [4.69, 9.17) is 4.98 Å². The van der Waals surface area contributed by atoms with Crippen LogP contribution in [0.4, 0.5) is 0 Å². The summed E-state index contributed by atoms with van der Waals surface area (Å²) in [5.41, 5.74) is 12.4. The third-order valence-electron chi connectivity index (χ3n) is 9.34. The molecule has 1 aliphatic rings. The molecule has 0 saturated heterocycles. The normalized spacial score (nSPS) is 12.8. The predicted molar refractivity (Wildman–Crippen MR) is 182 cm³/mol. The Balaban J connectivity index is 0.00000384. The van der Waals surface area contributed by atoms with E-state index >= 15 is 0 Å². The van der Waals surface area contributed by atoms with E-state index in [0.29, 0.717) is 0 Å². The van der Waals surface area contributed by atoms with Crippen LogP contribution >= 0.6 is 0 Å². The average Bonchev–Trinajstić information content (AvgIpc) is 3.35. The van der Waals surface area contributed by atoms with E-state index in [9.17, 15) is 0 Å². The van der Waals surface area contributed by atoms with E-state index in [1.807, 2.05) is 18.3 Å². The number of nitrogens with zero attached hydrogens (tertiary/aromatic N) is 2. The number of pyridine rings is 2. The standard InChI is InChI=1S/C41H44N2.Pt/c1-3-5-7-15-25-41(26-16-8-6-4-2)36-21-13-12-20-34(36)35-24-23-32(28-37(35)41)33-29-39(31-18-10-9-11-19-31)43-40(30-33)38-22-14-17-27-42-38;/h9-14,17-24,27-30H,3-8,15-16,25-26H2,1-2H3;/q;+2. The quantitative estimate of drug-likeness (QED) is 0.112. The number of unbranched alkanes of at least 4 members (excludes halogenated alkanes) is 6. The summed E-state index contributed by atoms with van der Waals surface area (Å²) in [6, 6.07) is 37.6. The Kier molecular flexibility index (Phi) is 11.0. The summed E-state index contributed by atoms with van der Waals surface area (Å²) in [5.74, 6) is 0. The first-order chi connectivity index (χ1) is 21.2. The van der Waals surface area contributed by atoms with Gasteiger partial charge in [-0.2, -0.15) is 0 Å². The maximum atomic E-state index is 5.09. The van der Waals surface area contributed by atoms with Crippen LogP contribution in [0.15, 0.2) is 109 Å². The first-order valence-corrected chi connectivity index (χ1v) is 16.5. The zero-order valence-corrected chi connectivity index (χ0v) is 28.4. The second-order valence-corrected chi connectivity index (χ2v) is 12.2. The molecule has 0 N–H and O–H groups in total. The van der Waals surface area contributed by atoms with Gasteiger partial charge in [0.05, 0.1) is 17.1 Å². The number of rotatable bonds is 13.